The van der Waals surface area contributed by atoms with Gasteiger partial charge in [0.25, 0.3) is 10.0 Å². The summed E-state index contributed by atoms with van der Waals surface area (Å²) < 4.78 is 54.5. The summed E-state index contributed by atoms with van der Waals surface area (Å²) in [6, 6.07) is 16.1. The molecule has 40 heavy (non-hydrogen) atoms. The summed E-state index contributed by atoms with van der Waals surface area (Å²) >= 11 is 12.3. The standard InChI is InChI=1S/C28H24Cl2FN3O5S/c29-21-7-8-24(27-26(21)22(30)11-32-27)33-40(36,37)25-9-6-17(10-23(25)31)38-15-20-18-12-34(13-19(18)20)28(35)39-14-16-4-2-1-3-5-16/h1-11,18-20,32-33H,12-15H2/t18-,19+,20?. The Morgan fingerprint density at radius 3 is 2.52 bits per heavy atom. The molecule has 2 aliphatic rings. The van der Waals surface area contributed by atoms with Gasteiger partial charge in [0, 0.05) is 36.7 Å². The molecular weight excluding hydrogens is 580 g/mol. The van der Waals surface area contributed by atoms with Crippen LogP contribution in [0, 0.1) is 23.6 Å². The highest BCUT2D eigenvalue weighted by Crippen LogP contribution is 2.52. The van der Waals surface area contributed by atoms with E-state index in [1.54, 1.807) is 4.90 Å². The van der Waals surface area contributed by atoms with E-state index in [9.17, 15) is 17.6 Å². The van der Waals surface area contributed by atoms with Crippen molar-refractivity contribution in [2.45, 2.75) is 11.5 Å². The molecule has 0 spiro atoms. The van der Waals surface area contributed by atoms with Gasteiger partial charge in [-0.05, 0) is 41.7 Å². The number of nitrogens with zero attached hydrogens (tertiary/aromatic N) is 1. The number of aromatic amines is 1. The first-order valence-corrected chi connectivity index (χ1v) is 14.8. The maximum Gasteiger partial charge on any atom is 0.410 e. The lowest BCUT2D eigenvalue weighted by atomic mass is 10.2. The van der Waals surface area contributed by atoms with Crippen LogP contribution in [0.2, 0.25) is 10.0 Å². The Morgan fingerprint density at radius 1 is 1.05 bits per heavy atom. The predicted octanol–water partition coefficient (Wildman–Crippen LogP) is 6.31. The largest absolute Gasteiger partial charge is 0.493 e. The van der Waals surface area contributed by atoms with Crippen molar-refractivity contribution in [1.82, 2.24) is 9.88 Å². The molecule has 3 atom stereocenters. The molecule has 2 N–H and O–H groups in total. The van der Waals surface area contributed by atoms with Crippen LogP contribution in [0.25, 0.3) is 10.9 Å². The SMILES string of the molecule is O=C(OCc1ccccc1)N1C[C@@H]2C(COc3ccc(S(=O)(=O)Nc4ccc(Cl)c5c(Cl)c[nH]c45)c(F)c3)[C@@H]2C1. The van der Waals surface area contributed by atoms with Gasteiger partial charge in [0.15, 0.2) is 0 Å². The first-order chi connectivity index (χ1) is 19.2. The quantitative estimate of drug-likeness (QED) is 0.246. The van der Waals surface area contributed by atoms with E-state index in [2.05, 4.69) is 9.71 Å². The van der Waals surface area contributed by atoms with Crippen molar-refractivity contribution >= 4 is 55.9 Å². The third-order valence-corrected chi connectivity index (χ3v) is 9.46. The second kappa shape index (κ2) is 10.5. The van der Waals surface area contributed by atoms with E-state index in [4.69, 9.17) is 32.7 Å². The minimum Gasteiger partial charge on any atom is -0.493 e. The Kier molecular flexibility index (Phi) is 7.02. The number of fused-ring (bicyclic) bond motifs is 2. The Morgan fingerprint density at radius 2 is 1.80 bits per heavy atom. The Balaban J connectivity index is 1.03. The predicted molar refractivity (Wildman–Crippen MR) is 150 cm³/mol. The van der Waals surface area contributed by atoms with Crippen molar-refractivity contribution in [2.24, 2.45) is 17.8 Å². The van der Waals surface area contributed by atoms with Crippen LogP contribution in [0.15, 0.2) is 71.8 Å². The number of H-pyrrole nitrogens is 1. The van der Waals surface area contributed by atoms with Gasteiger partial charge < -0.3 is 19.4 Å². The smallest absolute Gasteiger partial charge is 0.410 e. The summed E-state index contributed by atoms with van der Waals surface area (Å²) in [4.78, 5) is 16.4. The number of nitrogens with one attached hydrogen (secondary N) is 2. The van der Waals surface area contributed by atoms with Gasteiger partial charge in [-0.15, -0.1) is 0 Å². The zero-order valence-corrected chi connectivity index (χ0v) is 23.3. The molecule has 6 rings (SSSR count). The lowest BCUT2D eigenvalue weighted by Gasteiger charge is -2.19. The van der Waals surface area contributed by atoms with Gasteiger partial charge in [-0.2, -0.15) is 0 Å². The van der Waals surface area contributed by atoms with Gasteiger partial charge in [-0.25, -0.2) is 17.6 Å². The molecule has 4 aromatic rings. The zero-order chi connectivity index (χ0) is 28.0. The molecule has 3 aromatic carbocycles. The highest BCUT2D eigenvalue weighted by molar-refractivity contribution is 7.92. The minimum absolute atomic E-state index is 0.185. The fraction of sp³-hybridized carbons (Fsp3) is 0.250. The van der Waals surface area contributed by atoms with Crippen molar-refractivity contribution < 1.29 is 27.1 Å². The van der Waals surface area contributed by atoms with E-state index in [0.29, 0.717) is 52.5 Å². The number of ether oxygens (including phenoxy) is 2. The number of hydrogen-bond donors (Lipinski definition) is 2. The monoisotopic (exact) mass is 603 g/mol. The molecule has 12 heteroatoms. The summed E-state index contributed by atoms with van der Waals surface area (Å²) in [6.45, 7) is 1.76. The molecule has 1 unspecified atom stereocenters. The van der Waals surface area contributed by atoms with Crippen molar-refractivity contribution in [1.29, 1.82) is 0 Å². The first-order valence-electron chi connectivity index (χ1n) is 12.6. The Bertz CT molecular complexity index is 1690. The van der Waals surface area contributed by atoms with E-state index < -0.39 is 20.7 Å². The summed E-state index contributed by atoms with van der Waals surface area (Å²) in [5, 5.41) is 1.15. The Labute approximate surface area is 240 Å². The number of hydrogen-bond acceptors (Lipinski definition) is 5. The van der Waals surface area contributed by atoms with Crippen LogP contribution >= 0.6 is 23.2 Å². The summed E-state index contributed by atoms with van der Waals surface area (Å²) in [5.41, 5.74) is 1.50. The summed E-state index contributed by atoms with van der Waals surface area (Å²) in [5.74, 6) is 0.131. The average Bonchev–Trinajstić information content (AvgIpc) is 3.23. The number of carbonyl (C=O) groups excluding carboxylic acids is 1. The average molecular weight is 604 g/mol. The number of sulfonamides is 1. The van der Waals surface area contributed by atoms with Gasteiger partial charge in [-0.3, -0.25) is 4.72 Å². The van der Waals surface area contributed by atoms with Crippen molar-refractivity contribution in [3.63, 3.8) is 0 Å². The van der Waals surface area contributed by atoms with Crippen molar-refractivity contribution in [2.75, 3.05) is 24.4 Å². The highest BCUT2D eigenvalue weighted by Gasteiger charge is 2.57. The fourth-order valence-corrected chi connectivity index (χ4v) is 6.98. The second-order valence-electron chi connectivity index (χ2n) is 9.93. The zero-order valence-electron chi connectivity index (χ0n) is 20.9. The summed E-state index contributed by atoms with van der Waals surface area (Å²) in [6.07, 6.45) is 1.16. The molecule has 208 valence electrons. The number of benzene rings is 3. The van der Waals surface area contributed by atoms with Gasteiger partial charge in [0.05, 0.1) is 27.9 Å². The maximum absolute atomic E-state index is 14.9. The van der Waals surface area contributed by atoms with Crippen LogP contribution in [0.3, 0.4) is 0 Å². The molecule has 1 saturated carbocycles. The van der Waals surface area contributed by atoms with Crippen LogP contribution in [-0.2, 0) is 21.4 Å². The van der Waals surface area contributed by atoms with Crippen LogP contribution in [0.4, 0.5) is 14.9 Å². The fourth-order valence-electron chi connectivity index (χ4n) is 5.29. The molecule has 0 radical (unpaired) electrons. The van der Waals surface area contributed by atoms with Gasteiger partial charge in [-0.1, -0.05) is 53.5 Å². The molecule has 1 saturated heterocycles. The first kappa shape index (κ1) is 26.7. The molecule has 0 bridgehead atoms. The topological polar surface area (TPSA) is 101 Å². The van der Waals surface area contributed by atoms with E-state index >= 15 is 0 Å². The van der Waals surface area contributed by atoms with Crippen LogP contribution < -0.4 is 9.46 Å². The Hall–Kier alpha value is -3.47. The molecule has 1 aliphatic carbocycles. The third-order valence-electron chi connectivity index (χ3n) is 7.45. The van der Waals surface area contributed by atoms with Crippen molar-refractivity contribution in [3.8, 4) is 5.75 Å². The van der Waals surface area contributed by atoms with E-state index in [-0.39, 0.29) is 30.1 Å². The number of aromatic nitrogens is 1. The molecule has 8 nitrogen and oxygen atoms in total. The van der Waals surface area contributed by atoms with Gasteiger partial charge >= 0.3 is 6.09 Å². The van der Waals surface area contributed by atoms with Gasteiger partial charge in [0.1, 0.15) is 23.1 Å². The lowest BCUT2D eigenvalue weighted by molar-refractivity contribution is 0.0972. The third kappa shape index (κ3) is 5.18. The van der Waals surface area contributed by atoms with E-state index in [1.165, 1.54) is 30.5 Å². The van der Waals surface area contributed by atoms with Crippen molar-refractivity contribution in [3.05, 3.63) is 88.3 Å². The highest BCUT2D eigenvalue weighted by atomic mass is 35.5. The molecule has 2 heterocycles. The maximum atomic E-state index is 14.9. The normalized spacial score (nSPS) is 19.9. The van der Waals surface area contributed by atoms with Crippen LogP contribution in [-0.4, -0.2) is 44.1 Å². The number of halogens is 3. The van der Waals surface area contributed by atoms with E-state index in [1.807, 2.05) is 30.3 Å². The number of likely N-dealkylation sites (tertiary alicyclic amines) is 1. The molecule has 1 aromatic heterocycles. The number of anilines is 1. The van der Waals surface area contributed by atoms with E-state index in [0.717, 1.165) is 11.6 Å². The van der Waals surface area contributed by atoms with Gasteiger partial charge in [0.2, 0.25) is 0 Å². The number of carbonyl (C=O) groups is 1. The lowest BCUT2D eigenvalue weighted by Crippen LogP contribution is -2.32. The second-order valence-corrected chi connectivity index (χ2v) is 12.4. The number of amides is 1. The number of piperidine rings is 1. The summed E-state index contributed by atoms with van der Waals surface area (Å²) in [7, 11) is -4.26. The molecule has 1 aliphatic heterocycles. The minimum atomic E-state index is -4.26. The molecular formula is C28H24Cl2FN3O5S. The van der Waals surface area contributed by atoms with Crippen LogP contribution in [0.5, 0.6) is 5.75 Å². The molecule has 2 fully saturated rings. The van der Waals surface area contributed by atoms with Crippen LogP contribution in [0.1, 0.15) is 5.56 Å². The number of rotatable bonds is 8. The molecule has 1 amide bonds.